The lowest BCUT2D eigenvalue weighted by atomic mass is 10.2. The Balaban J connectivity index is 1.80. The van der Waals surface area contributed by atoms with Crippen molar-refractivity contribution in [2.45, 2.75) is 11.5 Å². The molecule has 0 spiro atoms. The third-order valence-corrected chi connectivity index (χ3v) is 4.90. The Morgan fingerprint density at radius 1 is 1.04 bits per heavy atom. The minimum atomic E-state index is -4.07. The van der Waals surface area contributed by atoms with Gasteiger partial charge in [0.15, 0.2) is 0 Å². The van der Waals surface area contributed by atoms with Crippen molar-refractivity contribution in [3.05, 3.63) is 59.7 Å². The van der Waals surface area contributed by atoms with Crippen LogP contribution in [0.15, 0.2) is 53.4 Å². The number of aromatic hydroxyl groups is 1. The average Bonchev–Trinajstić information content (AvgIpc) is 2.64. The zero-order valence-corrected chi connectivity index (χ0v) is 14.9. The molecule has 0 atom stereocenters. The van der Waals surface area contributed by atoms with Crippen LogP contribution < -0.4 is 10.0 Å². The zero-order valence-electron chi connectivity index (χ0n) is 14.1. The fourth-order valence-corrected chi connectivity index (χ4v) is 3.19. The standard InChI is InChI=1S/C17H18N2O7S/c20-14-10-13(16(21)22)6-7-15(14)27(24,25)19-9-8-18-17(23)26-11-12-4-2-1-3-5-12/h1-7,10,19-20H,8-9,11H2,(H,18,23)(H,21,22). The van der Waals surface area contributed by atoms with Crippen LogP contribution in [0.5, 0.6) is 5.75 Å². The second-order valence-electron chi connectivity index (χ2n) is 5.37. The van der Waals surface area contributed by atoms with Gasteiger partial charge in [-0.3, -0.25) is 0 Å². The molecule has 0 heterocycles. The molecule has 144 valence electrons. The number of amides is 1. The molecular weight excluding hydrogens is 376 g/mol. The topological polar surface area (TPSA) is 142 Å². The Kier molecular flexibility index (Phi) is 6.74. The second kappa shape index (κ2) is 9.01. The number of sulfonamides is 1. The van der Waals surface area contributed by atoms with Crippen LogP contribution in [-0.4, -0.2) is 43.8 Å². The molecule has 4 N–H and O–H groups in total. The van der Waals surface area contributed by atoms with Gasteiger partial charge in [-0.25, -0.2) is 22.7 Å². The van der Waals surface area contributed by atoms with Crippen LogP contribution in [0.25, 0.3) is 0 Å². The van der Waals surface area contributed by atoms with Crippen molar-refractivity contribution in [2.24, 2.45) is 0 Å². The number of phenolic OH excluding ortho intramolecular Hbond substituents is 1. The summed E-state index contributed by atoms with van der Waals surface area (Å²) in [6.07, 6.45) is -0.702. The summed E-state index contributed by atoms with van der Waals surface area (Å²) >= 11 is 0. The number of rotatable bonds is 8. The van der Waals surface area contributed by atoms with Gasteiger partial charge >= 0.3 is 12.1 Å². The first kappa shape index (κ1) is 20.2. The van der Waals surface area contributed by atoms with Crippen LogP contribution in [0.4, 0.5) is 4.79 Å². The summed E-state index contributed by atoms with van der Waals surface area (Å²) in [7, 11) is -4.07. The fourth-order valence-electron chi connectivity index (χ4n) is 2.08. The maximum absolute atomic E-state index is 12.1. The van der Waals surface area contributed by atoms with Gasteiger partial charge in [-0.1, -0.05) is 30.3 Å². The molecule has 2 rings (SSSR count). The highest BCUT2D eigenvalue weighted by molar-refractivity contribution is 7.89. The second-order valence-corrected chi connectivity index (χ2v) is 7.11. The molecule has 10 heteroatoms. The first-order chi connectivity index (χ1) is 12.8. The fraction of sp³-hybridized carbons (Fsp3) is 0.176. The van der Waals surface area contributed by atoms with Crippen molar-refractivity contribution in [3.63, 3.8) is 0 Å². The summed E-state index contributed by atoms with van der Waals surface area (Å²) in [6, 6.07) is 11.9. The number of carbonyl (C=O) groups excluding carboxylic acids is 1. The molecule has 0 saturated heterocycles. The predicted molar refractivity (Wildman–Crippen MR) is 94.9 cm³/mol. The molecule has 9 nitrogen and oxygen atoms in total. The van der Waals surface area contributed by atoms with Gasteiger partial charge in [0, 0.05) is 13.1 Å². The number of alkyl carbamates (subject to hydrolysis) is 1. The third kappa shape index (κ3) is 5.97. The molecule has 0 fully saturated rings. The number of carboxylic acid groups (broad SMARTS) is 1. The van der Waals surface area contributed by atoms with Gasteiger partial charge in [0.2, 0.25) is 10.0 Å². The predicted octanol–water partition coefficient (Wildman–Crippen LogP) is 1.30. The number of hydrogen-bond acceptors (Lipinski definition) is 6. The quantitative estimate of drug-likeness (QED) is 0.494. The first-order valence-electron chi connectivity index (χ1n) is 7.80. The Morgan fingerprint density at radius 2 is 1.74 bits per heavy atom. The van der Waals surface area contributed by atoms with Gasteiger partial charge in [0.1, 0.15) is 17.3 Å². The SMILES string of the molecule is O=C(NCCNS(=O)(=O)c1ccc(C(=O)O)cc1O)OCc1ccccc1. The zero-order chi connectivity index (χ0) is 19.9. The van der Waals surface area contributed by atoms with Gasteiger partial charge in [0.25, 0.3) is 0 Å². The molecule has 1 amide bonds. The van der Waals surface area contributed by atoms with E-state index in [1.165, 1.54) is 0 Å². The van der Waals surface area contributed by atoms with Crippen molar-refractivity contribution in [1.82, 2.24) is 10.0 Å². The summed E-state index contributed by atoms with van der Waals surface area (Å²) in [5.41, 5.74) is 0.572. The molecular formula is C17H18N2O7S. The van der Waals surface area contributed by atoms with Gasteiger partial charge < -0.3 is 20.3 Å². The first-order valence-corrected chi connectivity index (χ1v) is 9.28. The minimum Gasteiger partial charge on any atom is -0.507 e. The normalized spacial score (nSPS) is 11.0. The number of carbonyl (C=O) groups is 2. The maximum Gasteiger partial charge on any atom is 0.407 e. The molecule has 0 aliphatic heterocycles. The van der Waals surface area contributed by atoms with Crippen LogP contribution in [0.2, 0.25) is 0 Å². The smallest absolute Gasteiger partial charge is 0.407 e. The number of nitrogens with one attached hydrogen (secondary N) is 2. The van der Waals surface area contributed by atoms with E-state index in [1.54, 1.807) is 12.1 Å². The van der Waals surface area contributed by atoms with Crippen molar-refractivity contribution in [1.29, 1.82) is 0 Å². The lowest BCUT2D eigenvalue weighted by Gasteiger charge is -2.10. The number of ether oxygens (including phenoxy) is 1. The van der Waals surface area contributed by atoms with E-state index in [-0.39, 0.29) is 25.3 Å². The highest BCUT2D eigenvalue weighted by atomic mass is 32.2. The van der Waals surface area contributed by atoms with E-state index in [4.69, 9.17) is 9.84 Å². The van der Waals surface area contributed by atoms with Gasteiger partial charge in [-0.05, 0) is 23.8 Å². The van der Waals surface area contributed by atoms with E-state index < -0.39 is 32.7 Å². The highest BCUT2D eigenvalue weighted by Gasteiger charge is 2.19. The molecule has 0 saturated carbocycles. The number of aromatic carboxylic acids is 1. The number of phenols is 1. The highest BCUT2D eigenvalue weighted by Crippen LogP contribution is 2.23. The summed E-state index contributed by atoms with van der Waals surface area (Å²) < 4.78 is 31.4. The third-order valence-electron chi connectivity index (χ3n) is 3.39. The molecule has 0 bridgehead atoms. The van der Waals surface area contributed by atoms with Gasteiger partial charge in [-0.15, -0.1) is 0 Å². The maximum atomic E-state index is 12.1. The number of carboxylic acids is 1. The molecule has 0 aliphatic rings. The summed E-state index contributed by atoms with van der Waals surface area (Å²) in [5, 5.41) is 20.9. The van der Waals surface area contributed by atoms with E-state index in [0.717, 1.165) is 23.8 Å². The molecule has 27 heavy (non-hydrogen) atoms. The molecule has 0 aliphatic carbocycles. The van der Waals surface area contributed by atoms with Crippen molar-refractivity contribution in [3.8, 4) is 5.75 Å². The number of hydrogen-bond donors (Lipinski definition) is 4. The summed E-state index contributed by atoms with van der Waals surface area (Å²) in [4.78, 5) is 21.9. The van der Waals surface area contributed by atoms with Crippen LogP contribution in [0.3, 0.4) is 0 Å². The van der Waals surface area contributed by atoms with Crippen LogP contribution in [0, 0.1) is 0 Å². The van der Waals surface area contributed by atoms with E-state index in [0.29, 0.717) is 0 Å². The molecule has 2 aromatic rings. The summed E-state index contributed by atoms with van der Waals surface area (Å²) in [6.45, 7) is -0.105. The Bertz CT molecular complexity index is 914. The van der Waals surface area contributed by atoms with Crippen molar-refractivity contribution in [2.75, 3.05) is 13.1 Å². The minimum absolute atomic E-state index is 0.0408. The largest absolute Gasteiger partial charge is 0.507 e. The van der Waals surface area contributed by atoms with Gasteiger partial charge in [0.05, 0.1) is 5.56 Å². The Hall–Kier alpha value is -3.11. The molecule has 0 unspecified atom stereocenters. The number of benzene rings is 2. The van der Waals surface area contributed by atoms with Crippen LogP contribution in [-0.2, 0) is 21.4 Å². The van der Waals surface area contributed by atoms with E-state index in [2.05, 4.69) is 10.0 Å². The Labute approximate surface area is 155 Å². The van der Waals surface area contributed by atoms with Crippen LogP contribution in [0.1, 0.15) is 15.9 Å². The van der Waals surface area contributed by atoms with Crippen molar-refractivity contribution < 1.29 is 33.0 Å². The van der Waals surface area contributed by atoms with Crippen LogP contribution >= 0.6 is 0 Å². The lowest BCUT2D eigenvalue weighted by molar-refractivity contribution is 0.0696. The van der Waals surface area contributed by atoms with E-state index in [1.807, 2.05) is 18.2 Å². The van der Waals surface area contributed by atoms with E-state index in [9.17, 15) is 23.1 Å². The molecule has 2 aromatic carbocycles. The van der Waals surface area contributed by atoms with Crippen molar-refractivity contribution >= 4 is 22.1 Å². The average molecular weight is 394 g/mol. The van der Waals surface area contributed by atoms with E-state index >= 15 is 0 Å². The molecule has 0 radical (unpaired) electrons. The summed E-state index contributed by atoms with van der Waals surface area (Å²) in [5.74, 6) is -1.97. The molecule has 0 aromatic heterocycles. The monoisotopic (exact) mass is 394 g/mol. The Morgan fingerprint density at radius 3 is 2.37 bits per heavy atom. The van der Waals surface area contributed by atoms with Gasteiger partial charge in [-0.2, -0.15) is 0 Å². The lowest BCUT2D eigenvalue weighted by Crippen LogP contribution is -2.35.